The molecule has 3 aromatic rings. The highest BCUT2D eigenvalue weighted by molar-refractivity contribution is 6.07. The summed E-state index contributed by atoms with van der Waals surface area (Å²) in [5.41, 5.74) is 3.32. The molecule has 1 aromatic carbocycles. The molecule has 3 heterocycles. The number of anilines is 1. The van der Waals surface area contributed by atoms with Crippen LogP contribution in [0.5, 0.6) is 0 Å². The quantitative estimate of drug-likeness (QED) is 0.728. The van der Waals surface area contributed by atoms with Crippen molar-refractivity contribution in [1.29, 1.82) is 0 Å². The molecule has 0 saturated heterocycles. The lowest BCUT2D eigenvalue weighted by Crippen LogP contribution is -2.30. The third kappa shape index (κ3) is 2.41. The van der Waals surface area contributed by atoms with Crippen LogP contribution in [0.3, 0.4) is 0 Å². The SMILES string of the molecule is O=C(c1cnn(-c2ccccc2)c1C1CC1)N1CCc2cc(F)cnc21. The molecule has 5 nitrogen and oxygen atoms in total. The van der Waals surface area contributed by atoms with Crippen LogP contribution in [0.15, 0.2) is 48.8 Å². The molecule has 0 unspecified atom stereocenters. The number of hydrogen-bond donors (Lipinski definition) is 0. The van der Waals surface area contributed by atoms with Gasteiger partial charge in [0.25, 0.3) is 5.91 Å². The lowest BCUT2D eigenvalue weighted by atomic mass is 10.1. The van der Waals surface area contributed by atoms with Crippen molar-refractivity contribution in [3.63, 3.8) is 0 Å². The molecule has 0 spiro atoms. The fraction of sp³-hybridized carbons (Fsp3) is 0.250. The van der Waals surface area contributed by atoms with Crippen LogP contribution in [0, 0.1) is 5.82 Å². The summed E-state index contributed by atoms with van der Waals surface area (Å²) < 4.78 is 15.3. The molecule has 2 aliphatic rings. The Labute approximate surface area is 150 Å². The maximum Gasteiger partial charge on any atom is 0.262 e. The first kappa shape index (κ1) is 15.3. The van der Waals surface area contributed by atoms with Gasteiger partial charge in [-0.15, -0.1) is 0 Å². The van der Waals surface area contributed by atoms with Gasteiger partial charge >= 0.3 is 0 Å². The first-order valence-corrected chi connectivity index (χ1v) is 8.82. The number of benzene rings is 1. The maximum absolute atomic E-state index is 13.4. The maximum atomic E-state index is 13.4. The van der Waals surface area contributed by atoms with Gasteiger partial charge in [-0.3, -0.25) is 9.69 Å². The lowest BCUT2D eigenvalue weighted by Gasteiger charge is -2.17. The van der Waals surface area contributed by atoms with Gasteiger partial charge in [-0.25, -0.2) is 14.1 Å². The number of fused-ring (bicyclic) bond motifs is 1. The summed E-state index contributed by atoms with van der Waals surface area (Å²) in [6.45, 7) is 0.519. The molecule has 1 fully saturated rings. The van der Waals surface area contributed by atoms with Crippen molar-refractivity contribution in [2.24, 2.45) is 0 Å². The molecule has 0 atom stereocenters. The molecular formula is C20H17FN4O. The van der Waals surface area contributed by atoms with E-state index in [1.807, 2.05) is 35.0 Å². The van der Waals surface area contributed by atoms with Gasteiger partial charge in [-0.1, -0.05) is 18.2 Å². The van der Waals surface area contributed by atoms with Crippen molar-refractivity contribution < 1.29 is 9.18 Å². The van der Waals surface area contributed by atoms with E-state index in [9.17, 15) is 9.18 Å². The first-order chi connectivity index (χ1) is 12.7. The first-order valence-electron chi connectivity index (χ1n) is 8.82. The minimum absolute atomic E-state index is 0.105. The van der Waals surface area contributed by atoms with Crippen LogP contribution in [0.25, 0.3) is 5.69 Å². The summed E-state index contributed by atoms with van der Waals surface area (Å²) in [5.74, 6) is 0.450. The van der Waals surface area contributed by atoms with Gasteiger partial charge in [0.2, 0.25) is 0 Å². The number of aromatic nitrogens is 3. The van der Waals surface area contributed by atoms with Crippen molar-refractivity contribution in [3.05, 3.63) is 71.4 Å². The summed E-state index contributed by atoms with van der Waals surface area (Å²) in [6.07, 6.45) is 5.58. The number of nitrogens with zero attached hydrogens (tertiary/aromatic N) is 4. The fourth-order valence-corrected chi connectivity index (χ4v) is 3.63. The second-order valence-electron chi connectivity index (χ2n) is 6.81. The van der Waals surface area contributed by atoms with Crippen LogP contribution < -0.4 is 4.90 Å². The standard InChI is InChI=1S/C20H17FN4O/c21-15-10-14-8-9-24(19(14)22-11-15)20(26)17-12-23-25(18(17)13-6-7-13)16-4-2-1-3-5-16/h1-5,10-13H,6-9H2. The van der Waals surface area contributed by atoms with E-state index >= 15 is 0 Å². The number of pyridine rings is 1. The second kappa shape index (κ2) is 5.76. The number of carbonyl (C=O) groups excluding carboxylic acids is 1. The molecule has 1 amide bonds. The van der Waals surface area contributed by atoms with E-state index in [1.54, 1.807) is 11.1 Å². The summed E-state index contributed by atoms with van der Waals surface area (Å²) in [6, 6.07) is 11.3. The Bertz CT molecular complexity index is 994. The van der Waals surface area contributed by atoms with Crippen LogP contribution >= 0.6 is 0 Å². The number of hydrogen-bond acceptors (Lipinski definition) is 3. The molecule has 6 heteroatoms. The molecular weight excluding hydrogens is 331 g/mol. The Balaban J connectivity index is 1.56. The van der Waals surface area contributed by atoms with E-state index in [0.717, 1.165) is 29.8 Å². The highest BCUT2D eigenvalue weighted by atomic mass is 19.1. The summed E-state index contributed by atoms with van der Waals surface area (Å²) in [4.78, 5) is 19.0. The van der Waals surface area contributed by atoms with E-state index in [-0.39, 0.29) is 11.7 Å². The van der Waals surface area contributed by atoms with Gasteiger partial charge in [0, 0.05) is 12.5 Å². The topological polar surface area (TPSA) is 51.0 Å². The third-order valence-electron chi connectivity index (χ3n) is 5.02. The largest absolute Gasteiger partial charge is 0.292 e. The fourth-order valence-electron chi connectivity index (χ4n) is 3.63. The smallest absolute Gasteiger partial charge is 0.262 e. The van der Waals surface area contributed by atoms with Crippen molar-refractivity contribution >= 4 is 11.7 Å². The van der Waals surface area contributed by atoms with E-state index in [4.69, 9.17) is 0 Å². The molecule has 1 saturated carbocycles. The number of halogens is 1. The Morgan fingerprint density at radius 3 is 2.73 bits per heavy atom. The average Bonchev–Trinajstić information content (AvgIpc) is 3.27. The van der Waals surface area contributed by atoms with Gasteiger partial charge < -0.3 is 0 Å². The lowest BCUT2D eigenvalue weighted by molar-refractivity contribution is 0.0987. The van der Waals surface area contributed by atoms with Gasteiger partial charge in [0.15, 0.2) is 0 Å². The molecule has 130 valence electrons. The average molecular weight is 348 g/mol. The molecule has 0 bridgehead atoms. The predicted molar refractivity (Wildman–Crippen MR) is 95.1 cm³/mol. The molecule has 0 radical (unpaired) electrons. The highest BCUT2D eigenvalue weighted by Gasteiger charge is 2.36. The Kier molecular flexibility index (Phi) is 3.38. The summed E-state index contributed by atoms with van der Waals surface area (Å²) in [7, 11) is 0. The van der Waals surface area contributed by atoms with Crippen LogP contribution in [0.4, 0.5) is 10.2 Å². The zero-order valence-corrected chi connectivity index (χ0v) is 14.1. The van der Waals surface area contributed by atoms with Gasteiger partial charge in [-0.05, 0) is 43.0 Å². The van der Waals surface area contributed by atoms with Crippen molar-refractivity contribution in [1.82, 2.24) is 14.8 Å². The summed E-state index contributed by atoms with van der Waals surface area (Å²) in [5, 5.41) is 4.50. The van der Waals surface area contributed by atoms with E-state index < -0.39 is 0 Å². The Hall–Kier alpha value is -3.02. The minimum atomic E-state index is -0.367. The molecule has 0 N–H and O–H groups in total. The zero-order valence-electron chi connectivity index (χ0n) is 14.1. The van der Waals surface area contributed by atoms with Crippen molar-refractivity contribution in [2.75, 3.05) is 11.4 Å². The second-order valence-corrected chi connectivity index (χ2v) is 6.81. The zero-order chi connectivity index (χ0) is 17.7. The van der Waals surface area contributed by atoms with Crippen LogP contribution in [-0.2, 0) is 6.42 Å². The molecule has 1 aliphatic heterocycles. The van der Waals surface area contributed by atoms with Crippen LogP contribution in [0.2, 0.25) is 0 Å². The minimum Gasteiger partial charge on any atom is -0.292 e. The number of amides is 1. The Morgan fingerprint density at radius 2 is 1.96 bits per heavy atom. The number of rotatable bonds is 3. The van der Waals surface area contributed by atoms with E-state index in [1.165, 1.54) is 12.3 Å². The van der Waals surface area contributed by atoms with Gasteiger partial charge in [0.05, 0.1) is 29.3 Å². The normalized spacial score (nSPS) is 16.0. The Morgan fingerprint density at radius 1 is 1.15 bits per heavy atom. The summed E-state index contributed by atoms with van der Waals surface area (Å²) >= 11 is 0. The van der Waals surface area contributed by atoms with Crippen molar-refractivity contribution in [2.45, 2.75) is 25.2 Å². The number of para-hydroxylation sites is 1. The van der Waals surface area contributed by atoms with E-state index in [0.29, 0.717) is 30.3 Å². The van der Waals surface area contributed by atoms with Crippen molar-refractivity contribution in [3.8, 4) is 5.69 Å². The van der Waals surface area contributed by atoms with Gasteiger partial charge in [-0.2, -0.15) is 5.10 Å². The molecule has 5 rings (SSSR count). The van der Waals surface area contributed by atoms with Crippen LogP contribution in [-0.4, -0.2) is 27.2 Å². The predicted octanol–water partition coefficient (Wildman–Crippen LogP) is 3.49. The molecule has 26 heavy (non-hydrogen) atoms. The third-order valence-corrected chi connectivity index (χ3v) is 5.02. The number of carbonyl (C=O) groups is 1. The van der Waals surface area contributed by atoms with E-state index in [2.05, 4.69) is 10.1 Å². The monoisotopic (exact) mass is 348 g/mol. The van der Waals surface area contributed by atoms with Gasteiger partial charge in [0.1, 0.15) is 11.6 Å². The highest BCUT2D eigenvalue weighted by Crippen LogP contribution is 2.43. The molecule has 2 aromatic heterocycles. The molecule has 1 aliphatic carbocycles. The van der Waals surface area contributed by atoms with Crippen LogP contribution in [0.1, 0.15) is 40.4 Å².